The molecule has 0 saturated carbocycles. The summed E-state index contributed by atoms with van der Waals surface area (Å²) in [6.07, 6.45) is 1.36. The zero-order valence-corrected chi connectivity index (χ0v) is 16.6. The lowest BCUT2D eigenvalue weighted by Crippen LogP contribution is -2.48. The molecule has 0 spiro atoms. The van der Waals surface area contributed by atoms with Gasteiger partial charge in [0.25, 0.3) is 5.56 Å². The molecule has 0 aliphatic carbocycles. The predicted octanol–water partition coefficient (Wildman–Crippen LogP) is 0.740. The molecule has 1 aromatic heterocycles. The van der Waals surface area contributed by atoms with Crippen LogP contribution in [0.15, 0.2) is 29.1 Å². The minimum Gasteiger partial charge on any atom is -0.385 e. The third-order valence-corrected chi connectivity index (χ3v) is 4.47. The number of amides is 1. The second-order valence-corrected chi connectivity index (χ2v) is 6.47. The van der Waals surface area contributed by atoms with Crippen molar-refractivity contribution in [2.75, 3.05) is 27.3 Å². The van der Waals surface area contributed by atoms with Crippen LogP contribution in [-0.4, -0.2) is 52.9 Å². The summed E-state index contributed by atoms with van der Waals surface area (Å²) in [5.41, 5.74) is 3.22. The number of thiocarbonyl (C=S) groups is 1. The molecule has 2 aromatic rings. The Labute approximate surface area is 163 Å². The van der Waals surface area contributed by atoms with Crippen molar-refractivity contribution in [3.8, 4) is 0 Å². The summed E-state index contributed by atoms with van der Waals surface area (Å²) in [5, 5.41) is 5.50. The standard InChI is InChI=1S/C18H25N5O3S/c1-22-15(20-14-8-5-4-7-13(14)17(22)25)9-10-16(24)21-23(2)18(27)19-11-6-12-26-3/h4-5,7-8H,6,9-12H2,1-3H3,(H,19,27)(H,21,24). The molecule has 8 nitrogen and oxygen atoms in total. The maximum absolute atomic E-state index is 12.4. The number of rotatable bonds is 7. The van der Waals surface area contributed by atoms with Gasteiger partial charge in [0.05, 0.1) is 10.9 Å². The molecule has 0 fully saturated rings. The fraction of sp³-hybridized carbons (Fsp3) is 0.444. The van der Waals surface area contributed by atoms with Crippen molar-refractivity contribution in [1.82, 2.24) is 25.3 Å². The number of carbonyl (C=O) groups excluding carboxylic acids is 1. The highest BCUT2D eigenvalue weighted by atomic mass is 32.1. The Bertz CT molecular complexity index is 868. The van der Waals surface area contributed by atoms with Crippen molar-refractivity contribution < 1.29 is 9.53 Å². The molecule has 1 amide bonds. The average molecular weight is 391 g/mol. The number of para-hydroxylation sites is 1. The number of carbonyl (C=O) groups is 1. The molecule has 0 radical (unpaired) electrons. The fourth-order valence-corrected chi connectivity index (χ4v) is 2.68. The molecular formula is C18H25N5O3S. The topological polar surface area (TPSA) is 88.5 Å². The van der Waals surface area contributed by atoms with Gasteiger partial charge in [-0.05, 0) is 30.8 Å². The first-order valence-electron chi connectivity index (χ1n) is 8.68. The summed E-state index contributed by atoms with van der Waals surface area (Å²) in [7, 11) is 4.98. The highest BCUT2D eigenvalue weighted by Gasteiger charge is 2.12. The lowest BCUT2D eigenvalue weighted by atomic mass is 10.2. The molecule has 0 atom stereocenters. The van der Waals surface area contributed by atoms with Crippen LogP contribution in [-0.2, 0) is 23.0 Å². The van der Waals surface area contributed by atoms with Crippen LogP contribution in [0.4, 0.5) is 0 Å². The summed E-state index contributed by atoms with van der Waals surface area (Å²) < 4.78 is 6.46. The van der Waals surface area contributed by atoms with E-state index in [1.165, 1.54) is 9.58 Å². The maximum Gasteiger partial charge on any atom is 0.261 e. The van der Waals surface area contributed by atoms with E-state index in [4.69, 9.17) is 17.0 Å². The SMILES string of the molecule is COCCCNC(=S)N(C)NC(=O)CCc1nc2ccccc2c(=O)n1C. The van der Waals surface area contributed by atoms with Gasteiger partial charge >= 0.3 is 0 Å². The fourth-order valence-electron chi connectivity index (χ4n) is 2.54. The number of nitrogens with zero attached hydrogens (tertiary/aromatic N) is 3. The molecule has 0 unspecified atom stereocenters. The molecule has 146 valence electrons. The first-order valence-corrected chi connectivity index (χ1v) is 9.09. The molecule has 2 N–H and O–H groups in total. The van der Waals surface area contributed by atoms with E-state index in [1.807, 2.05) is 6.07 Å². The molecule has 1 heterocycles. The average Bonchev–Trinajstić information content (AvgIpc) is 2.66. The van der Waals surface area contributed by atoms with Crippen molar-refractivity contribution in [2.45, 2.75) is 19.3 Å². The van der Waals surface area contributed by atoms with Gasteiger partial charge in [0, 0.05) is 47.2 Å². The van der Waals surface area contributed by atoms with Crippen LogP contribution >= 0.6 is 12.2 Å². The number of aromatic nitrogens is 2. The number of methoxy groups -OCH3 is 1. The van der Waals surface area contributed by atoms with E-state index >= 15 is 0 Å². The van der Waals surface area contributed by atoms with Crippen molar-refractivity contribution in [1.29, 1.82) is 0 Å². The van der Waals surface area contributed by atoms with Gasteiger partial charge in [0.15, 0.2) is 5.11 Å². The number of nitrogens with one attached hydrogen (secondary N) is 2. The highest BCUT2D eigenvalue weighted by molar-refractivity contribution is 7.80. The van der Waals surface area contributed by atoms with E-state index in [9.17, 15) is 9.59 Å². The second kappa shape index (κ2) is 9.98. The van der Waals surface area contributed by atoms with Gasteiger partial charge in [-0.2, -0.15) is 0 Å². The zero-order chi connectivity index (χ0) is 19.8. The van der Waals surface area contributed by atoms with Crippen LogP contribution in [0.3, 0.4) is 0 Å². The minimum atomic E-state index is -0.207. The van der Waals surface area contributed by atoms with Crippen LogP contribution in [0.2, 0.25) is 0 Å². The van der Waals surface area contributed by atoms with Gasteiger partial charge in [0.2, 0.25) is 5.91 Å². The number of fused-ring (bicyclic) bond motifs is 1. The minimum absolute atomic E-state index is 0.116. The van der Waals surface area contributed by atoms with E-state index in [2.05, 4.69) is 15.7 Å². The third kappa shape index (κ3) is 5.73. The summed E-state index contributed by atoms with van der Waals surface area (Å²) in [5.74, 6) is 0.359. The summed E-state index contributed by atoms with van der Waals surface area (Å²) in [4.78, 5) is 29.1. The lowest BCUT2D eigenvalue weighted by Gasteiger charge is -2.21. The van der Waals surface area contributed by atoms with Gasteiger partial charge in [-0.1, -0.05) is 12.1 Å². The normalized spacial score (nSPS) is 10.6. The molecular weight excluding hydrogens is 366 g/mol. The third-order valence-electron chi connectivity index (χ3n) is 4.05. The number of benzene rings is 1. The van der Waals surface area contributed by atoms with Gasteiger partial charge in [-0.15, -0.1) is 0 Å². The van der Waals surface area contributed by atoms with Crippen molar-refractivity contribution in [2.24, 2.45) is 7.05 Å². The Morgan fingerprint density at radius 3 is 2.85 bits per heavy atom. The molecule has 0 aliphatic rings. The van der Waals surface area contributed by atoms with Crippen molar-refractivity contribution >= 4 is 34.1 Å². The van der Waals surface area contributed by atoms with E-state index in [-0.39, 0.29) is 17.9 Å². The first kappa shape index (κ1) is 20.8. The molecule has 0 saturated heterocycles. The molecule has 2 rings (SSSR count). The summed E-state index contributed by atoms with van der Waals surface area (Å²) >= 11 is 5.21. The molecule has 1 aromatic carbocycles. The van der Waals surface area contributed by atoms with Gasteiger partial charge < -0.3 is 10.1 Å². The number of hydrazine groups is 1. The van der Waals surface area contributed by atoms with Crippen LogP contribution in [0.5, 0.6) is 0 Å². The maximum atomic E-state index is 12.4. The first-order chi connectivity index (χ1) is 12.9. The van der Waals surface area contributed by atoms with Crippen LogP contribution in [0.25, 0.3) is 10.9 Å². The Morgan fingerprint density at radius 1 is 1.37 bits per heavy atom. The molecule has 0 bridgehead atoms. The van der Waals surface area contributed by atoms with E-state index in [0.717, 1.165) is 6.42 Å². The monoisotopic (exact) mass is 391 g/mol. The van der Waals surface area contributed by atoms with E-state index in [1.54, 1.807) is 39.4 Å². The Morgan fingerprint density at radius 2 is 2.11 bits per heavy atom. The van der Waals surface area contributed by atoms with E-state index < -0.39 is 0 Å². The number of ether oxygens (including phenoxy) is 1. The van der Waals surface area contributed by atoms with Crippen molar-refractivity contribution in [3.05, 3.63) is 40.4 Å². The summed E-state index contributed by atoms with van der Waals surface area (Å²) in [6, 6.07) is 7.18. The summed E-state index contributed by atoms with van der Waals surface area (Å²) in [6.45, 7) is 1.30. The second-order valence-electron chi connectivity index (χ2n) is 6.08. The highest BCUT2D eigenvalue weighted by Crippen LogP contribution is 2.08. The Balaban J connectivity index is 1.90. The van der Waals surface area contributed by atoms with E-state index in [0.29, 0.717) is 41.4 Å². The lowest BCUT2D eigenvalue weighted by molar-refractivity contribution is -0.123. The Kier molecular flexibility index (Phi) is 7.68. The van der Waals surface area contributed by atoms with Gasteiger partial charge in [-0.3, -0.25) is 24.6 Å². The molecule has 0 aliphatic heterocycles. The predicted molar refractivity (Wildman–Crippen MR) is 108 cm³/mol. The van der Waals surface area contributed by atoms with Gasteiger partial charge in [0.1, 0.15) is 5.82 Å². The quantitative estimate of drug-likeness (QED) is 0.409. The molecule has 9 heteroatoms. The van der Waals surface area contributed by atoms with Crippen molar-refractivity contribution in [3.63, 3.8) is 0 Å². The molecule has 27 heavy (non-hydrogen) atoms. The largest absolute Gasteiger partial charge is 0.385 e. The van der Waals surface area contributed by atoms with Gasteiger partial charge in [-0.25, -0.2) is 4.98 Å². The zero-order valence-electron chi connectivity index (χ0n) is 15.8. The van der Waals surface area contributed by atoms with Crippen LogP contribution in [0.1, 0.15) is 18.7 Å². The Hall–Kier alpha value is -2.52. The number of hydrogen-bond acceptors (Lipinski definition) is 5. The van der Waals surface area contributed by atoms with Crippen LogP contribution in [0, 0.1) is 0 Å². The smallest absolute Gasteiger partial charge is 0.261 e. The van der Waals surface area contributed by atoms with Crippen LogP contribution < -0.4 is 16.3 Å². The number of hydrogen-bond donors (Lipinski definition) is 2. The number of aryl methyl sites for hydroxylation is 1.